The predicted molar refractivity (Wildman–Crippen MR) is 88.1 cm³/mol. The molecule has 0 radical (unpaired) electrons. The first kappa shape index (κ1) is 16.3. The molecule has 1 aliphatic heterocycles. The van der Waals surface area contributed by atoms with Crippen molar-refractivity contribution in [2.75, 3.05) is 26.2 Å². The Bertz CT molecular complexity index is 254. The second-order valence-corrected chi connectivity index (χ2v) is 7.13. The van der Waals surface area contributed by atoms with E-state index in [4.69, 9.17) is 0 Å². The minimum Gasteiger partial charge on any atom is -0.314 e. The molecule has 2 fully saturated rings. The van der Waals surface area contributed by atoms with Crippen molar-refractivity contribution < 1.29 is 0 Å². The van der Waals surface area contributed by atoms with E-state index in [-0.39, 0.29) is 0 Å². The minimum absolute atomic E-state index is 0.791. The molecule has 2 nitrogen and oxygen atoms in total. The predicted octanol–water partition coefficient (Wildman–Crippen LogP) is 4.06. The van der Waals surface area contributed by atoms with Crippen LogP contribution in [0.1, 0.15) is 71.6 Å². The Labute approximate surface area is 126 Å². The van der Waals surface area contributed by atoms with Gasteiger partial charge in [0.15, 0.2) is 0 Å². The van der Waals surface area contributed by atoms with Crippen LogP contribution < -0.4 is 5.32 Å². The molecule has 118 valence electrons. The summed E-state index contributed by atoms with van der Waals surface area (Å²) in [6.07, 6.45) is 12.8. The van der Waals surface area contributed by atoms with Crippen LogP contribution in [0, 0.1) is 11.8 Å². The Kier molecular flexibility index (Phi) is 7.37. The molecule has 1 saturated heterocycles. The number of rotatable bonds is 6. The standard InChI is InChI=1S/C18H36N2/c1-3-12-19-18-11-7-5-6-10-17(18)15-20-13-8-9-16(4-2)14-20/h16-19H,3-15H2,1-2H3. The number of nitrogens with one attached hydrogen (secondary N) is 1. The molecule has 2 aliphatic rings. The maximum atomic E-state index is 3.85. The maximum absolute atomic E-state index is 3.85. The summed E-state index contributed by atoms with van der Waals surface area (Å²) in [5.74, 6) is 1.87. The van der Waals surface area contributed by atoms with E-state index in [0.717, 1.165) is 17.9 Å². The largest absolute Gasteiger partial charge is 0.314 e. The van der Waals surface area contributed by atoms with Gasteiger partial charge in [0.1, 0.15) is 0 Å². The van der Waals surface area contributed by atoms with Crippen molar-refractivity contribution in [1.29, 1.82) is 0 Å². The van der Waals surface area contributed by atoms with Crippen LogP contribution in [0.15, 0.2) is 0 Å². The van der Waals surface area contributed by atoms with Crippen LogP contribution >= 0.6 is 0 Å². The molecular weight excluding hydrogens is 244 g/mol. The van der Waals surface area contributed by atoms with Crippen LogP contribution in [0.5, 0.6) is 0 Å². The molecule has 3 atom stereocenters. The zero-order valence-electron chi connectivity index (χ0n) is 13.9. The first-order valence-electron chi connectivity index (χ1n) is 9.29. The Morgan fingerprint density at radius 3 is 2.65 bits per heavy atom. The number of nitrogens with zero attached hydrogens (tertiary/aromatic N) is 1. The van der Waals surface area contributed by atoms with Crippen molar-refractivity contribution in [3.63, 3.8) is 0 Å². The average molecular weight is 280 g/mol. The minimum atomic E-state index is 0.791. The normalized spacial score (nSPS) is 33.0. The highest BCUT2D eigenvalue weighted by atomic mass is 15.1. The molecule has 1 saturated carbocycles. The molecule has 1 N–H and O–H groups in total. The molecule has 0 aromatic rings. The number of hydrogen-bond donors (Lipinski definition) is 1. The van der Waals surface area contributed by atoms with E-state index in [1.165, 1.54) is 84.0 Å². The van der Waals surface area contributed by atoms with Gasteiger partial charge in [-0.05, 0) is 57.0 Å². The van der Waals surface area contributed by atoms with Gasteiger partial charge in [-0.2, -0.15) is 0 Å². The van der Waals surface area contributed by atoms with Gasteiger partial charge in [-0.15, -0.1) is 0 Å². The van der Waals surface area contributed by atoms with E-state index < -0.39 is 0 Å². The second kappa shape index (κ2) is 9.04. The Morgan fingerprint density at radius 2 is 1.85 bits per heavy atom. The van der Waals surface area contributed by atoms with Crippen molar-refractivity contribution in [1.82, 2.24) is 10.2 Å². The van der Waals surface area contributed by atoms with Crippen molar-refractivity contribution in [3.8, 4) is 0 Å². The van der Waals surface area contributed by atoms with Crippen molar-refractivity contribution in [2.45, 2.75) is 77.7 Å². The quantitative estimate of drug-likeness (QED) is 0.738. The van der Waals surface area contributed by atoms with Crippen molar-refractivity contribution in [3.05, 3.63) is 0 Å². The summed E-state index contributed by atoms with van der Waals surface area (Å²) in [6, 6.07) is 0.791. The van der Waals surface area contributed by atoms with Crippen LogP contribution in [0.3, 0.4) is 0 Å². The van der Waals surface area contributed by atoms with Crippen LogP contribution in [0.2, 0.25) is 0 Å². The summed E-state index contributed by atoms with van der Waals surface area (Å²) in [6.45, 7) is 9.94. The van der Waals surface area contributed by atoms with Gasteiger partial charge in [0, 0.05) is 19.1 Å². The number of hydrogen-bond acceptors (Lipinski definition) is 2. The SMILES string of the molecule is CCCNC1CCCCCC1CN1CCCC(CC)C1. The lowest BCUT2D eigenvalue weighted by atomic mass is 9.91. The third-order valence-electron chi connectivity index (χ3n) is 5.49. The smallest absolute Gasteiger partial charge is 0.0107 e. The summed E-state index contributed by atoms with van der Waals surface area (Å²) in [5.41, 5.74) is 0. The first-order chi connectivity index (χ1) is 9.83. The van der Waals surface area contributed by atoms with Gasteiger partial charge in [-0.3, -0.25) is 0 Å². The van der Waals surface area contributed by atoms with Gasteiger partial charge in [0.05, 0.1) is 0 Å². The molecule has 20 heavy (non-hydrogen) atoms. The van der Waals surface area contributed by atoms with E-state index in [1.54, 1.807) is 0 Å². The molecule has 0 aromatic heterocycles. The van der Waals surface area contributed by atoms with Crippen LogP contribution in [-0.4, -0.2) is 37.1 Å². The fourth-order valence-electron chi connectivity index (χ4n) is 4.18. The first-order valence-corrected chi connectivity index (χ1v) is 9.29. The Morgan fingerprint density at radius 1 is 1.00 bits per heavy atom. The lowest BCUT2D eigenvalue weighted by molar-refractivity contribution is 0.132. The fraction of sp³-hybridized carbons (Fsp3) is 1.00. The van der Waals surface area contributed by atoms with Crippen molar-refractivity contribution in [2.24, 2.45) is 11.8 Å². The topological polar surface area (TPSA) is 15.3 Å². The van der Waals surface area contributed by atoms with Crippen LogP contribution in [0.25, 0.3) is 0 Å². The van der Waals surface area contributed by atoms with E-state index >= 15 is 0 Å². The molecule has 0 amide bonds. The zero-order chi connectivity index (χ0) is 14.2. The summed E-state index contributed by atoms with van der Waals surface area (Å²) in [5, 5.41) is 3.85. The molecule has 2 heteroatoms. The number of likely N-dealkylation sites (tertiary alicyclic amines) is 1. The molecule has 1 aliphatic carbocycles. The van der Waals surface area contributed by atoms with Crippen molar-refractivity contribution >= 4 is 0 Å². The third-order valence-corrected chi connectivity index (χ3v) is 5.49. The van der Waals surface area contributed by atoms with Gasteiger partial charge in [0.2, 0.25) is 0 Å². The number of piperidine rings is 1. The zero-order valence-corrected chi connectivity index (χ0v) is 13.9. The van der Waals surface area contributed by atoms with E-state index in [1.807, 2.05) is 0 Å². The van der Waals surface area contributed by atoms with E-state index in [9.17, 15) is 0 Å². The highest BCUT2D eigenvalue weighted by Crippen LogP contribution is 2.27. The van der Waals surface area contributed by atoms with Crippen LogP contribution in [0.4, 0.5) is 0 Å². The van der Waals surface area contributed by atoms with E-state index in [2.05, 4.69) is 24.1 Å². The highest BCUT2D eigenvalue weighted by Gasteiger charge is 2.27. The lowest BCUT2D eigenvalue weighted by Crippen LogP contribution is -2.45. The molecule has 2 rings (SSSR count). The fourth-order valence-corrected chi connectivity index (χ4v) is 4.18. The van der Waals surface area contributed by atoms with Gasteiger partial charge >= 0.3 is 0 Å². The maximum Gasteiger partial charge on any atom is 0.0107 e. The third kappa shape index (κ3) is 5.04. The Balaban J connectivity index is 1.85. The summed E-state index contributed by atoms with van der Waals surface area (Å²) < 4.78 is 0. The van der Waals surface area contributed by atoms with Gasteiger partial charge < -0.3 is 10.2 Å². The van der Waals surface area contributed by atoms with Gasteiger partial charge in [0.25, 0.3) is 0 Å². The molecule has 1 heterocycles. The Hall–Kier alpha value is -0.0800. The molecule has 0 aromatic carbocycles. The van der Waals surface area contributed by atoms with Gasteiger partial charge in [-0.25, -0.2) is 0 Å². The lowest BCUT2D eigenvalue weighted by Gasteiger charge is -2.37. The molecular formula is C18H36N2. The monoisotopic (exact) mass is 280 g/mol. The molecule has 3 unspecified atom stereocenters. The molecule has 0 spiro atoms. The summed E-state index contributed by atoms with van der Waals surface area (Å²) in [4.78, 5) is 2.79. The highest BCUT2D eigenvalue weighted by molar-refractivity contribution is 4.83. The summed E-state index contributed by atoms with van der Waals surface area (Å²) >= 11 is 0. The van der Waals surface area contributed by atoms with Crippen LogP contribution in [-0.2, 0) is 0 Å². The molecule has 0 bridgehead atoms. The average Bonchev–Trinajstić information content (AvgIpc) is 2.70. The van der Waals surface area contributed by atoms with Gasteiger partial charge in [-0.1, -0.05) is 39.5 Å². The second-order valence-electron chi connectivity index (χ2n) is 7.13. The van der Waals surface area contributed by atoms with E-state index in [0.29, 0.717) is 0 Å². The summed E-state index contributed by atoms with van der Waals surface area (Å²) in [7, 11) is 0.